The molecule has 1 atom stereocenters. The maximum absolute atomic E-state index is 8.89. The highest BCUT2D eigenvalue weighted by Gasteiger charge is 2.15. The number of nitrogens with two attached hydrogens (primary N) is 1. The maximum Gasteiger partial charge on any atom is 0.147 e. The lowest BCUT2D eigenvalue weighted by Crippen LogP contribution is -2.31. The van der Waals surface area contributed by atoms with Crippen molar-refractivity contribution in [1.29, 1.82) is 0 Å². The van der Waals surface area contributed by atoms with E-state index < -0.39 is 0 Å². The van der Waals surface area contributed by atoms with Gasteiger partial charge in [0.2, 0.25) is 0 Å². The lowest BCUT2D eigenvalue weighted by molar-refractivity contribution is 0.315. The van der Waals surface area contributed by atoms with E-state index in [2.05, 4.69) is 21.9 Å². The number of rotatable bonds is 6. The van der Waals surface area contributed by atoms with Gasteiger partial charge < -0.3 is 16.3 Å². The van der Waals surface area contributed by atoms with Gasteiger partial charge in [0, 0.05) is 18.0 Å². The van der Waals surface area contributed by atoms with E-state index in [1.54, 1.807) is 11.3 Å². The summed E-state index contributed by atoms with van der Waals surface area (Å²) in [6, 6.07) is 13.9. The second-order valence-electron chi connectivity index (χ2n) is 4.20. The van der Waals surface area contributed by atoms with Crippen molar-refractivity contribution in [1.82, 2.24) is 5.32 Å². The second-order valence-corrected chi connectivity index (χ2v) is 5.23. The van der Waals surface area contributed by atoms with E-state index in [1.165, 1.54) is 4.88 Å². The Bertz CT molecular complexity index is 511. The van der Waals surface area contributed by atoms with Gasteiger partial charge in [-0.3, -0.25) is 0 Å². The Morgan fingerprint density at radius 2 is 2.05 bits per heavy atom. The molecule has 0 radical (unpaired) electrons. The topological polar surface area (TPSA) is 70.6 Å². The first-order valence-electron chi connectivity index (χ1n) is 6.06. The van der Waals surface area contributed by atoms with Crippen LogP contribution < -0.4 is 11.1 Å². The molecule has 4 N–H and O–H groups in total. The number of nitrogens with zero attached hydrogens (tertiary/aromatic N) is 1. The molecule has 0 aliphatic carbocycles. The summed E-state index contributed by atoms with van der Waals surface area (Å²) >= 11 is 1.71. The SMILES string of the molecule is NC(=NO)C(CNCc1cccs1)c1ccccc1. The molecule has 4 nitrogen and oxygen atoms in total. The third kappa shape index (κ3) is 3.81. The molecule has 2 rings (SSSR count). The lowest BCUT2D eigenvalue weighted by atomic mass is 9.98. The van der Waals surface area contributed by atoms with E-state index >= 15 is 0 Å². The molecule has 0 spiro atoms. The number of hydrogen-bond acceptors (Lipinski definition) is 4. The van der Waals surface area contributed by atoms with Crippen LogP contribution >= 0.6 is 11.3 Å². The summed E-state index contributed by atoms with van der Waals surface area (Å²) in [5.74, 6) is 0.107. The first-order chi connectivity index (χ1) is 9.31. The average Bonchev–Trinajstić information content (AvgIpc) is 2.97. The van der Waals surface area contributed by atoms with Crippen LogP contribution in [0.3, 0.4) is 0 Å². The minimum absolute atomic E-state index is 0.119. The molecule has 1 aromatic carbocycles. The molecule has 2 aromatic rings. The van der Waals surface area contributed by atoms with Gasteiger partial charge in [-0.05, 0) is 17.0 Å². The molecular formula is C14H17N3OS. The highest BCUT2D eigenvalue weighted by atomic mass is 32.1. The Morgan fingerprint density at radius 1 is 1.26 bits per heavy atom. The maximum atomic E-state index is 8.89. The van der Waals surface area contributed by atoms with Crippen molar-refractivity contribution in [2.45, 2.75) is 12.5 Å². The predicted octanol–water partition coefficient (Wildman–Crippen LogP) is 2.37. The van der Waals surface area contributed by atoms with Crippen molar-refractivity contribution in [3.63, 3.8) is 0 Å². The Kier molecular flexibility index (Phi) is 4.94. The fraction of sp³-hybridized carbons (Fsp3) is 0.214. The molecule has 0 saturated heterocycles. The van der Waals surface area contributed by atoms with Gasteiger partial charge in [-0.25, -0.2) is 0 Å². The first-order valence-corrected chi connectivity index (χ1v) is 6.94. The number of thiophene rings is 1. The second kappa shape index (κ2) is 6.92. The molecule has 0 saturated carbocycles. The van der Waals surface area contributed by atoms with Crippen molar-refractivity contribution in [2.75, 3.05) is 6.54 Å². The lowest BCUT2D eigenvalue weighted by Gasteiger charge is -2.16. The number of amidine groups is 1. The van der Waals surface area contributed by atoms with Crippen LogP contribution in [0, 0.1) is 0 Å². The average molecular weight is 275 g/mol. The number of nitrogens with one attached hydrogen (secondary N) is 1. The summed E-state index contributed by atoms with van der Waals surface area (Å²) in [6.45, 7) is 1.43. The zero-order chi connectivity index (χ0) is 13.5. The summed E-state index contributed by atoms with van der Waals surface area (Å²) in [7, 11) is 0. The van der Waals surface area contributed by atoms with Crippen molar-refractivity contribution in [2.24, 2.45) is 10.9 Å². The summed E-state index contributed by atoms with van der Waals surface area (Å²) in [5, 5.41) is 17.4. The quantitative estimate of drug-likeness (QED) is 0.328. The molecule has 0 aliphatic rings. The molecule has 19 heavy (non-hydrogen) atoms. The normalized spacial score (nSPS) is 13.4. The van der Waals surface area contributed by atoms with Crippen LogP contribution in [0.4, 0.5) is 0 Å². The summed E-state index contributed by atoms with van der Waals surface area (Å²) in [5.41, 5.74) is 6.81. The Labute approximate surface area is 116 Å². The highest BCUT2D eigenvalue weighted by Crippen LogP contribution is 2.15. The van der Waals surface area contributed by atoms with Crippen molar-refractivity contribution in [3.05, 3.63) is 58.3 Å². The number of hydrogen-bond donors (Lipinski definition) is 3. The van der Waals surface area contributed by atoms with Crippen LogP contribution in [0.25, 0.3) is 0 Å². The third-order valence-electron chi connectivity index (χ3n) is 2.90. The number of oxime groups is 1. The molecule has 0 bridgehead atoms. The van der Waals surface area contributed by atoms with Crippen LogP contribution in [0.15, 0.2) is 53.0 Å². The van der Waals surface area contributed by atoms with Crippen molar-refractivity contribution < 1.29 is 5.21 Å². The van der Waals surface area contributed by atoms with Crippen LogP contribution in [0.2, 0.25) is 0 Å². The highest BCUT2D eigenvalue weighted by molar-refractivity contribution is 7.09. The molecule has 100 valence electrons. The standard InChI is InChI=1S/C14H17N3OS/c15-14(17-18)13(11-5-2-1-3-6-11)10-16-9-12-7-4-8-19-12/h1-8,13,16,18H,9-10H2,(H2,15,17). The van der Waals surface area contributed by atoms with E-state index in [4.69, 9.17) is 10.9 Å². The van der Waals surface area contributed by atoms with Crippen molar-refractivity contribution in [3.8, 4) is 0 Å². The van der Waals surface area contributed by atoms with Gasteiger partial charge in [0.05, 0.1) is 5.92 Å². The monoisotopic (exact) mass is 275 g/mol. The fourth-order valence-corrected chi connectivity index (χ4v) is 2.58. The molecule has 1 aromatic heterocycles. The smallest absolute Gasteiger partial charge is 0.147 e. The van der Waals surface area contributed by atoms with Crippen LogP contribution in [-0.4, -0.2) is 17.6 Å². The Hall–Kier alpha value is -1.85. The van der Waals surface area contributed by atoms with Gasteiger partial charge in [0.25, 0.3) is 0 Å². The van der Waals surface area contributed by atoms with Gasteiger partial charge in [-0.1, -0.05) is 41.6 Å². The van der Waals surface area contributed by atoms with Crippen LogP contribution in [0.5, 0.6) is 0 Å². The van der Waals surface area contributed by atoms with E-state index in [0.717, 1.165) is 12.1 Å². The molecule has 0 aliphatic heterocycles. The van der Waals surface area contributed by atoms with E-state index in [0.29, 0.717) is 6.54 Å². The molecular weight excluding hydrogens is 258 g/mol. The minimum atomic E-state index is -0.119. The van der Waals surface area contributed by atoms with E-state index in [-0.39, 0.29) is 11.8 Å². The van der Waals surface area contributed by atoms with E-state index in [9.17, 15) is 0 Å². The summed E-state index contributed by atoms with van der Waals surface area (Å²) < 4.78 is 0. The van der Waals surface area contributed by atoms with Gasteiger partial charge in [-0.15, -0.1) is 11.3 Å². The predicted molar refractivity (Wildman–Crippen MR) is 78.6 cm³/mol. The van der Waals surface area contributed by atoms with Gasteiger partial charge in [-0.2, -0.15) is 0 Å². The van der Waals surface area contributed by atoms with E-state index in [1.807, 2.05) is 36.4 Å². The fourth-order valence-electron chi connectivity index (χ4n) is 1.90. The zero-order valence-electron chi connectivity index (χ0n) is 10.5. The molecule has 1 unspecified atom stereocenters. The summed E-state index contributed by atoms with van der Waals surface area (Å²) in [6.07, 6.45) is 0. The first kappa shape index (κ1) is 13.6. The minimum Gasteiger partial charge on any atom is -0.409 e. The zero-order valence-corrected chi connectivity index (χ0v) is 11.3. The largest absolute Gasteiger partial charge is 0.409 e. The number of benzene rings is 1. The Morgan fingerprint density at radius 3 is 2.68 bits per heavy atom. The van der Waals surface area contributed by atoms with Gasteiger partial charge in [0.1, 0.15) is 5.84 Å². The van der Waals surface area contributed by atoms with Crippen molar-refractivity contribution >= 4 is 17.2 Å². The molecule has 0 fully saturated rings. The van der Waals surface area contributed by atoms with Crippen LogP contribution in [-0.2, 0) is 6.54 Å². The van der Waals surface area contributed by atoms with Gasteiger partial charge >= 0.3 is 0 Å². The third-order valence-corrected chi connectivity index (χ3v) is 3.78. The summed E-state index contributed by atoms with van der Waals surface area (Å²) in [4.78, 5) is 1.27. The molecule has 1 heterocycles. The van der Waals surface area contributed by atoms with Gasteiger partial charge in [0.15, 0.2) is 0 Å². The van der Waals surface area contributed by atoms with Crippen LogP contribution in [0.1, 0.15) is 16.4 Å². The molecule has 5 heteroatoms. The molecule has 0 amide bonds. The Balaban J connectivity index is 1.99.